The molecule has 1 N–H and O–H groups in total. The van der Waals surface area contributed by atoms with E-state index in [1.54, 1.807) is 12.1 Å². The van der Waals surface area contributed by atoms with Crippen molar-refractivity contribution in [1.82, 2.24) is 4.98 Å². The summed E-state index contributed by atoms with van der Waals surface area (Å²) in [5.41, 5.74) is 4.70. The number of benzene rings is 3. The third-order valence-corrected chi connectivity index (χ3v) is 16.8. The van der Waals surface area contributed by atoms with Crippen LogP contribution in [0.4, 0.5) is 8.78 Å². The zero-order chi connectivity index (χ0) is 38.4. The molecule has 3 nitrogen and oxygen atoms in total. The van der Waals surface area contributed by atoms with Crippen molar-refractivity contribution in [2.24, 2.45) is 46.3 Å². The Hall–Kier alpha value is -2.99. The second-order valence-corrected chi connectivity index (χ2v) is 25.3. The molecule has 1 aromatic heterocycles. The first kappa shape index (κ1) is 39.8. The summed E-state index contributed by atoms with van der Waals surface area (Å²) >= 11 is 0. The van der Waals surface area contributed by atoms with Gasteiger partial charge in [0.2, 0.25) is 0 Å². The van der Waals surface area contributed by atoms with Crippen molar-refractivity contribution < 1.29 is 38.8 Å². The molecule has 7 heteroatoms. The van der Waals surface area contributed by atoms with Crippen LogP contribution >= 0.6 is 0 Å². The summed E-state index contributed by atoms with van der Waals surface area (Å²) in [6, 6.07) is 19.3. The monoisotopic (exact) mass is 949 g/mol. The van der Waals surface area contributed by atoms with E-state index >= 15 is 0 Å². The van der Waals surface area contributed by atoms with Gasteiger partial charge in [0.15, 0.2) is 5.78 Å². The number of aryl methyl sites for hydroxylation is 2. The first-order chi connectivity index (χ1) is 26.1. The van der Waals surface area contributed by atoms with E-state index in [2.05, 4.69) is 37.8 Å². The molecule has 1 heterocycles. The number of aliphatic hydroxyl groups is 1. The van der Waals surface area contributed by atoms with Crippen LogP contribution in [0.1, 0.15) is 88.2 Å². The molecular formula is C49H56F2IrNO2Si-. The maximum absolute atomic E-state index is 14.8. The Bertz CT molecular complexity index is 2110. The molecule has 4 aromatic rings. The fourth-order valence-electron chi connectivity index (χ4n) is 13.1. The summed E-state index contributed by atoms with van der Waals surface area (Å²) in [7, 11) is -1.62. The molecule has 0 saturated heterocycles. The zero-order valence-electron chi connectivity index (χ0n) is 33.6. The minimum absolute atomic E-state index is 0. The smallest absolute Gasteiger partial charge is 0.165 e. The van der Waals surface area contributed by atoms with E-state index in [0.29, 0.717) is 22.8 Å². The molecule has 8 fully saturated rings. The predicted molar refractivity (Wildman–Crippen MR) is 221 cm³/mol. The number of aliphatic hydroxyl groups excluding tert-OH is 1. The summed E-state index contributed by atoms with van der Waals surface area (Å²) in [6.45, 7) is 10.8. The molecule has 8 aliphatic carbocycles. The molecule has 56 heavy (non-hydrogen) atoms. The fraction of sp³-hybridized carbons (Fsp3) is 0.510. The molecule has 0 aliphatic heterocycles. The van der Waals surface area contributed by atoms with Crippen molar-refractivity contribution in [2.75, 3.05) is 0 Å². The van der Waals surface area contributed by atoms with Crippen molar-refractivity contribution >= 4 is 29.9 Å². The minimum Gasteiger partial charge on any atom is -0.512 e. The normalized spacial score (nSPS) is 31.2. The quantitative estimate of drug-likeness (QED) is 0.0907. The number of nitrogens with zero attached hydrogens (tertiary/aromatic N) is 1. The number of allylic oxidation sites excluding steroid dienone is 2. The Morgan fingerprint density at radius 1 is 0.768 bits per heavy atom. The summed E-state index contributed by atoms with van der Waals surface area (Å²) in [5, 5.41) is 13.1. The van der Waals surface area contributed by atoms with Crippen molar-refractivity contribution in [1.29, 1.82) is 0 Å². The Morgan fingerprint density at radius 2 is 1.29 bits per heavy atom. The number of halogens is 2. The van der Waals surface area contributed by atoms with Crippen LogP contribution in [0.25, 0.3) is 33.3 Å². The predicted octanol–water partition coefficient (Wildman–Crippen LogP) is 12.2. The largest absolute Gasteiger partial charge is 0.512 e. The van der Waals surface area contributed by atoms with Crippen LogP contribution in [0.5, 0.6) is 0 Å². The molecule has 297 valence electrons. The Labute approximate surface area is 346 Å². The van der Waals surface area contributed by atoms with Crippen LogP contribution in [0.2, 0.25) is 19.6 Å². The van der Waals surface area contributed by atoms with Gasteiger partial charge in [-0.1, -0.05) is 62.9 Å². The molecule has 0 spiro atoms. The number of hydrogen-bond acceptors (Lipinski definition) is 3. The number of fused-ring (bicyclic) bond motifs is 1. The van der Waals surface area contributed by atoms with Gasteiger partial charge >= 0.3 is 0 Å². The van der Waals surface area contributed by atoms with Gasteiger partial charge in [-0.15, -0.1) is 34.9 Å². The number of carbonyl (C=O) groups is 1. The van der Waals surface area contributed by atoms with Crippen molar-refractivity contribution in [3.63, 3.8) is 0 Å². The van der Waals surface area contributed by atoms with Gasteiger partial charge in [-0.25, -0.2) is 8.78 Å². The molecule has 0 unspecified atom stereocenters. The first-order valence-electron chi connectivity index (χ1n) is 21.0. The first-order valence-corrected chi connectivity index (χ1v) is 24.5. The number of aromatic nitrogens is 1. The summed E-state index contributed by atoms with van der Waals surface area (Å²) < 4.78 is 29.6. The van der Waals surface area contributed by atoms with E-state index in [-0.39, 0.29) is 36.5 Å². The number of pyridine rings is 1. The molecule has 8 bridgehead atoms. The van der Waals surface area contributed by atoms with Crippen molar-refractivity contribution in [3.05, 3.63) is 95.3 Å². The molecule has 0 atom stereocenters. The fourth-order valence-corrected chi connectivity index (χ4v) is 14.3. The molecular weight excluding hydrogens is 893 g/mol. The average Bonchev–Trinajstić information content (AvgIpc) is 3.09. The van der Waals surface area contributed by atoms with E-state index in [1.165, 1.54) is 61.9 Å². The van der Waals surface area contributed by atoms with E-state index in [4.69, 9.17) is 4.98 Å². The number of carbonyl (C=O) groups excluding carboxylic acids is 1. The Balaban J connectivity index is 0.000000157. The van der Waals surface area contributed by atoms with Crippen LogP contribution in [-0.4, -0.2) is 23.9 Å². The van der Waals surface area contributed by atoms with Crippen LogP contribution < -0.4 is 5.19 Å². The maximum Gasteiger partial charge on any atom is 0.165 e. The van der Waals surface area contributed by atoms with Gasteiger partial charge in [-0.05, 0) is 142 Å². The average molecular weight is 949 g/mol. The van der Waals surface area contributed by atoms with Gasteiger partial charge in [-0.3, -0.25) is 9.78 Å². The molecule has 1 radical (unpaired) electrons. The zero-order valence-corrected chi connectivity index (χ0v) is 37.0. The third kappa shape index (κ3) is 7.32. The number of ketones is 1. The summed E-state index contributed by atoms with van der Waals surface area (Å²) in [6.07, 6.45) is 16.8. The third-order valence-electron chi connectivity index (χ3n) is 14.7. The van der Waals surface area contributed by atoms with Crippen LogP contribution in [0, 0.1) is 77.9 Å². The van der Waals surface area contributed by atoms with Gasteiger partial charge in [-0.2, -0.15) is 0 Å². The molecule has 12 rings (SSSR count). The second-order valence-electron chi connectivity index (χ2n) is 20.2. The van der Waals surface area contributed by atoms with Crippen LogP contribution in [0.15, 0.2) is 66.4 Å². The summed E-state index contributed by atoms with van der Waals surface area (Å²) in [4.78, 5) is 18.2. The van der Waals surface area contributed by atoms with Gasteiger partial charge in [0.25, 0.3) is 0 Å². The van der Waals surface area contributed by atoms with E-state index in [9.17, 15) is 18.7 Å². The second kappa shape index (κ2) is 14.7. The number of hydrogen-bond donors (Lipinski definition) is 1. The van der Waals surface area contributed by atoms with Gasteiger partial charge in [0.05, 0.1) is 19.2 Å². The summed E-state index contributed by atoms with van der Waals surface area (Å²) in [5.74, 6) is 4.49. The van der Waals surface area contributed by atoms with Crippen LogP contribution in [0.3, 0.4) is 0 Å². The topological polar surface area (TPSA) is 50.2 Å². The SMILES string of the molecule is Cc1[c-]c(-c2cc(-c3c(F)cccc3F)c3cc([Si](C)(C)C)ccc3n2)cc(C)c1.O=C(/C=C(\O)C12CC3CC(CC(C3)C1)C2)C12CC3CC(CC(C3)C1)C2.[Ir]. The van der Waals surface area contributed by atoms with Gasteiger partial charge < -0.3 is 5.11 Å². The Morgan fingerprint density at radius 3 is 1.79 bits per heavy atom. The molecule has 8 aliphatic rings. The van der Waals surface area contributed by atoms with Crippen molar-refractivity contribution in [2.45, 2.75) is 111 Å². The molecule has 8 saturated carbocycles. The van der Waals surface area contributed by atoms with E-state index < -0.39 is 19.7 Å². The van der Waals surface area contributed by atoms with E-state index in [1.807, 2.05) is 32.0 Å². The standard InChI is InChI=1S/C26H24F2NSi.C23H32O2.Ir/c1-16-11-17(2)13-18(12-16)25-15-21(26-22(27)7-6-8-23(26)28)20-14-19(30(3,4)5)9-10-24(20)29-25;24-20(22-8-14-1-15(9-22)3-16(2-14)10-22)7-21(25)23-11-17-4-18(12-23)6-19(5-17)13-23;/h6-12,14-15H,1-5H3;7,14-19,24H,1-6,8-13H2;/q-1;;/b;20-7-;. The van der Waals surface area contributed by atoms with Gasteiger partial charge in [0, 0.05) is 42.4 Å². The van der Waals surface area contributed by atoms with Crippen LogP contribution in [-0.2, 0) is 24.9 Å². The Kier molecular flexibility index (Phi) is 10.4. The minimum atomic E-state index is -1.62. The van der Waals surface area contributed by atoms with Gasteiger partial charge in [0.1, 0.15) is 17.4 Å². The molecule has 3 aromatic carbocycles. The molecule has 0 amide bonds. The van der Waals surface area contributed by atoms with E-state index in [0.717, 1.165) is 102 Å². The maximum atomic E-state index is 14.8. The van der Waals surface area contributed by atoms with Crippen molar-refractivity contribution in [3.8, 4) is 22.4 Å². The number of rotatable bonds is 6.